The van der Waals surface area contributed by atoms with Gasteiger partial charge in [0, 0.05) is 24.7 Å². The van der Waals surface area contributed by atoms with E-state index in [0.717, 1.165) is 25.3 Å². The van der Waals surface area contributed by atoms with Crippen LogP contribution < -0.4 is 24.4 Å². The standard InChI is InChI=1S/C22H23F2N3O4/c1-20(2)7-8-27(11-20)18-6-4-5-17(25-18)26-19(28)21(3)12-29-14-10-16-15(9-13(14)21)30-22(23,24)31-16/h4-6,9-10H,7-8,11-12H2,1-3H3,(H,25,26,28). The zero-order chi connectivity index (χ0) is 22.0. The average Bonchev–Trinajstić information content (AvgIpc) is 3.32. The van der Waals surface area contributed by atoms with Gasteiger partial charge in [-0.3, -0.25) is 4.79 Å². The van der Waals surface area contributed by atoms with Gasteiger partial charge in [0.2, 0.25) is 5.91 Å². The lowest BCUT2D eigenvalue weighted by Gasteiger charge is -2.23. The summed E-state index contributed by atoms with van der Waals surface area (Å²) in [6, 6.07) is 8.22. The van der Waals surface area contributed by atoms with Crippen molar-refractivity contribution in [1.29, 1.82) is 0 Å². The van der Waals surface area contributed by atoms with E-state index in [9.17, 15) is 13.6 Å². The van der Waals surface area contributed by atoms with Crippen molar-refractivity contribution in [2.75, 3.05) is 29.9 Å². The summed E-state index contributed by atoms with van der Waals surface area (Å²) in [4.78, 5) is 20.0. The Labute approximate surface area is 178 Å². The first-order valence-corrected chi connectivity index (χ1v) is 10.2. The summed E-state index contributed by atoms with van der Waals surface area (Å²) in [5.41, 5.74) is -0.413. The number of carbonyl (C=O) groups excluding carboxylic acids is 1. The predicted octanol–water partition coefficient (Wildman–Crippen LogP) is 3.93. The Balaban J connectivity index is 1.37. The number of ether oxygens (including phenoxy) is 3. The van der Waals surface area contributed by atoms with E-state index in [2.05, 4.69) is 38.5 Å². The number of nitrogens with one attached hydrogen (secondary N) is 1. The molecule has 1 fully saturated rings. The summed E-state index contributed by atoms with van der Waals surface area (Å²) in [6.07, 6.45) is -2.66. The smallest absolute Gasteiger partial charge is 0.492 e. The number of amides is 1. The molecule has 1 saturated heterocycles. The van der Waals surface area contributed by atoms with Crippen LogP contribution in [0.25, 0.3) is 0 Å². The first kappa shape index (κ1) is 19.8. The number of alkyl halides is 2. The minimum atomic E-state index is -3.73. The van der Waals surface area contributed by atoms with Gasteiger partial charge in [-0.2, -0.15) is 0 Å². The van der Waals surface area contributed by atoms with E-state index in [0.29, 0.717) is 17.1 Å². The van der Waals surface area contributed by atoms with Crippen LogP contribution in [0.5, 0.6) is 17.2 Å². The van der Waals surface area contributed by atoms with Crippen LogP contribution in [0.1, 0.15) is 32.8 Å². The molecule has 164 valence electrons. The summed E-state index contributed by atoms with van der Waals surface area (Å²) in [5.74, 6) is 0.972. The number of anilines is 2. The Hall–Kier alpha value is -3.10. The van der Waals surface area contributed by atoms with Crippen LogP contribution in [0.4, 0.5) is 20.4 Å². The molecular weight excluding hydrogens is 408 g/mol. The molecule has 0 spiro atoms. The minimum Gasteiger partial charge on any atom is -0.492 e. The molecule has 1 N–H and O–H groups in total. The lowest BCUT2D eigenvalue weighted by atomic mass is 9.83. The molecule has 2 aromatic rings. The lowest BCUT2D eigenvalue weighted by Crippen LogP contribution is -2.39. The van der Waals surface area contributed by atoms with Crippen LogP contribution in [-0.2, 0) is 10.2 Å². The summed E-state index contributed by atoms with van der Waals surface area (Å²) >= 11 is 0. The monoisotopic (exact) mass is 431 g/mol. The topological polar surface area (TPSA) is 72.9 Å². The van der Waals surface area contributed by atoms with Crippen molar-refractivity contribution in [3.8, 4) is 17.2 Å². The molecule has 3 aliphatic rings. The van der Waals surface area contributed by atoms with E-state index in [1.54, 1.807) is 13.0 Å². The highest BCUT2D eigenvalue weighted by Crippen LogP contribution is 2.50. The Morgan fingerprint density at radius 3 is 2.58 bits per heavy atom. The van der Waals surface area contributed by atoms with Gasteiger partial charge in [-0.15, -0.1) is 8.78 Å². The fourth-order valence-electron chi connectivity index (χ4n) is 4.25. The van der Waals surface area contributed by atoms with E-state index >= 15 is 0 Å². The Morgan fingerprint density at radius 1 is 1.13 bits per heavy atom. The predicted molar refractivity (Wildman–Crippen MR) is 109 cm³/mol. The van der Waals surface area contributed by atoms with Crippen molar-refractivity contribution in [3.05, 3.63) is 35.9 Å². The number of aromatic nitrogens is 1. The molecule has 31 heavy (non-hydrogen) atoms. The van der Waals surface area contributed by atoms with E-state index in [1.807, 2.05) is 12.1 Å². The molecule has 0 aliphatic carbocycles. The number of fused-ring (bicyclic) bond motifs is 2. The second-order valence-electron chi connectivity index (χ2n) is 9.25. The molecular formula is C22H23F2N3O4. The number of carbonyl (C=O) groups is 1. The Bertz CT molecular complexity index is 1070. The molecule has 9 heteroatoms. The molecule has 1 atom stereocenters. The van der Waals surface area contributed by atoms with Gasteiger partial charge < -0.3 is 24.4 Å². The molecule has 0 bridgehead atoms. The Morgan fingerprint density at radius 2 is 1.87 bits per heavy atom. The molecule has 1 aromatic carbocycles. The maximum atomic E-state index is 13.4. The normalized spacial score (nSPS) is 24.6. The number of halogens is 2. The molecule has 3 aliphatic heterocycles. The summed E-state index contributed by atoms with van der Waals surface area (Å²) < 4.78 is 41.4. The molecule has 0 radical (unpaired) electrons. The number of hydrogen-bond donors (Lipinski definition) is 1. The minimum absolute atomic E-state index is 0.0630. The highest BCUT2D eigenvalue weighted by atomic mass is 19.3. The van der Waals surface area contributed by atoms with E-state index in [-0.39, 0.29) is 29.4 Å². The van der Waals surface area contributed by atoms with E-state index < -0.39 is 11.7 Å². The lowest BCUT2D eigenvalue weighted by molar-refractivity contribution is -0.286. The van der Waals surface area contributed by atoms with Gasteiger partial charge in [0.25, 0.3) is 0 Å². The molecule has 7 nitrogen and oxygen atoms in total. The summed E-state index contributed by atoms with van der Waals surface area (Å²) in [5, 5.41) is 2.86. The third-order valence-electron chi connectivity index (χ3n) is 6.09. The second-order valence-corrected chi connectivity index (χ2v) is 9.25. The van der Waals surface area contributed by atoms with Gasteiger partial charge in [-0.1, -0.05) is 19.9 Å². The van der Waals surface area contributed by atoms with Crippen molar-refractivity contribution in [1.82, 2.24) is 4.98 Å². The first-order chi connectivity index (χ1) is 14.5. The van der Waals surface area contributed by atoms with Gasteiger partial charge in [0.15, 0.2) is 11.5 Å². The van der Waals surface area contributed by atoms with Gasteiger partial charge in [0.05, 0.1) is 0 Å². The fraction of sp³-hybridized carbons (Fsp3) is 0.455. The fourth-order valence-corrected chi connectivity index (χ4v) is 4.25. The maximum Gasteiger partial charge on any atom is 0.586 e. The van der Waals surface area contributed by atoms with Crippen molar-refractivity contribution in [2.45, 2.75) is 38.9 Å². The number of pyridine rings is 1. The number of rotatable bonds is 3. The summed E-state index contributed by atoms with van der Waals surface area (Å²) in [7, 11) is 0. The third kappa shape index (κ3) is 3.41. The zero-order valence-electron chi connectivity index (χ0n) is 17.5. The van der Waals surface area contributed by atoms with Crippen LogP contribution in [-0.4, -0.2) is 36.9 Å². The van der Waals surface area contributed by atoms with Gasteiger partial charge in [-0.05, 0) is 37.0 Å². The quantitative estimate of drug-likeness (QED) is 0.794. The molecule has 1 aromatic heterocycles. The van der Waals surface area contributed by atoms with Gasteiger partial charge >= 0.3 is 6.29 Å². The van der Waals surface area contributed by atoms with Crippen molar-refractivity contribution >= 4 is 17.5 Å². The second kappa shape index (κ2) is 6.45. The SMILES string of the molecule is CC1(C)CCN(c2cccc(NC(=O)C3(C)COc4cc5c(cc43)OC(F)(F)O5)n2)C1. The number of hydrogen-bond acceptors (Lipinski definition) is 6. The van der Waals surface area contributed by atoms with Gasteiger partial charge in [-0.25, -0.2) is 4.98 Å². The third-order valence-corrected chi connectivity index (χ3v) is 6.09. The van der Waals surface area contributed by atoms with E-state index in [4.69, 9.17) is 4.74 Å². The van der Waals surface area contributed by atoms with Crippen LogP contribution >= 0.6 is 0 Å². The first-order valence-electron chi connectivity index (χ1n) is 10.2. The number of nitrogens with zero attached hydrogens (tertiary/aromatic N) is 2. The maximum absolute atomic E-state index is 13.4. The molecule has 5 rings (SSSR count). The number of benzene rings is 1. The highest BCUT2D eigenvalue weighted by molar-refractivity contribution is 5.99. The van der Waals surface area contributed by atoms with Gasteiger partial charge in [0.1, 0.15) is 29.4 Å². The van der Waals surface area contributed by atoms with Crippen LogP contribution in [0.3, 0.4) is 0 Å². The highest BCUT2D eigenvalue weighted by Gasteiger charge is 2.49. The molecule has 1 unspecified atom stereocenters. The molecule has 0 saturated carbocycles. The zero-order valence-corrected chi connectivity index (χ0v) is 17.5. The largest absolute Gasteiger partial charge is 0.586 e. The summed E-state index contributed by atoms with van der Waals surface area (Å²) in [6.45, 7) is 8.01. The molecule has 1 amide bonds. The van der Waals surface area contributed by atoms with Crippen LogP contribution in [0.2, 0.25) is 0 Å². The average molecular weight is 431 g/mol. The molecule has 4 heterocycles. The van der Waals surface area contributed by atoms with Crippen molar-refractivity contribution in [3.63, 3.8) is 0 Å². The van der Waals surface area contributed by atoms with Crippen LogP contribution in [0, 0.1) is 5.41 Å². The van der Waals surface area contributed by atoms with Crippen molar-refractivity contribution in [2.24, 2.45) is 5.41 Å². The van der Waals surface area contributed by atoms with E-state index in [1.165, 1.54) is 12.1 Å². The Kier molecular flexibility index (Phi) is 4.13. The van der Waals surface area contributed by atoms with Crippen LogP contribution in [0.15, 0.2) is 30.3 Å². The van der Waals surface area contributed by atoms with Crippen molar-refractivity contribution < 1.29 is 27.8 Å².